The van der Waals surface area contributed by atoms with Gasteiger partial charge in [-0.05, 0) is 18.2 Å². The molecule has 12 heavy (non-hydrogen) atoms. The van der Waals surface area contributed by atoms with Crippen LogP contribution in [-0.2, 0) is 4.52 Å². The van der Waals surface area contributed by atoms with Crippen LogP contribution >= 0.6 is 24.3 Å². The second kappa shape index (κ2) is 4.19. The van der Waals surface area contributed by atoms with Gasteiger partial charge >= 0.3 is 0 Å². The lowest BCUT2D eigenvalue weighted by atomic mass is 10.3. The van der Waals surface area contributed by atoms with Crippen molar-refractivity contribution in [1.82, 2.24) is 0 Å². The summed E-state index contributed by atoms with van der Waals surface area (Å²) >= 11 is 3.28. The predicted octanol–water partition coefficient (Wildman–Crippen LogP) is 1.61. The summed E-state index contributed by atoms with van der Waals surface area (Å²) in [6, 6.07) is 5.30. The Labute approximate surface area is 80.6 Å². The first-order valence-corrected chi connectivity index (χ1v) is 5.24. The summed E-state index contributed by atoms with van der Waals surface area (Å²) in [4.78, 5) is 9.38. The molecule has 0 bridgehead atoms. The molecule has 0 saturated heterocycles. The molecule has 1 aromatic carbocycles. The third kappa shape index (κ3) is 2.17. The molecule has 0 radical (unpaired) electrons. The maximum absolute atomic E-state index is 9.38. The highest BCUT2D eigenvalue weighted by molar-refractivity contribution is 9.10. The first kappa shape index (κ1) is 9.93. The molecule has 5 heteroatoms. The fourth-order valence-corrected chi connectivity index (χ4v) is 2.06. The Kier molecular flexibility index (Phi) is 3.47. The maximum atomic E-state index is 9.38. The van der Waals surface area contributed by atoms with Crippen LogP contribution in [0.3, 0.4) is 0 Å². The molecule has 3 N–H and O–H groups in total. The lowest BCUT2D eigenvalue weighted by Gasteiger charge is -2.09. The third-order valence-electron chi connectivity index (χ3n) is 1.37. The van der Waals surface area contributed by atoms with Crippen molar-refractivity contribution in [3.63, 3.8) is 0 Å². The molecule has 3 nitrogen and oxygen atoms in total. The maximum Gasteiger partial charge on any atom is 0.204 e. The van der Waals surface area contributed by atoms with Crippen LogP contribution in [0.2, 0.25) is 0 Å². The summed E-state index contributed by atoms with van der Waals surface area (Å²) in [6.45, 7) is 0. The van der Waals surface area contributed by atoms with Crippen LogP contribution in [0.25, 0.3) is 0 Å². The molecule has 1 atom stereocenters. The zero-order valence-electron chi connectivity index (χ0n) is 6.49. The number of benzene rings is 1. The Morgan fingerprint density at radius 1 is 1.58 bits per heavy atom. The molecule has 0 saturated carbocycles. The number of nitrogen functional groups attached to an aromatic ring is 1. The fraction of sp³-hybridized carbons (Fsp3) is 0.143. The van der Waals surface area contributed by atoms with Gasteiger partial charge in [-0.25, -0.2) is 0 Å². The van der Waals surface area contributed by atoms with Crippen molar-refractivity contribution >= 4 is 35.3 Å². The van der Waals surface area contributed by atoms with Gasteiger partial charge in [0.05, 0.1) is 5.30 Å². The molecule has 0 aliphatic rings. The fourth-order valence-electron chi connectivity index (χ4n) is 0.781. The Hall–Kier alpha value is -0.150. The van der Waals surface area contributed by atoms with Gasteiger partial charge in [-0.1, -0.05) is 15.9 Å². The first-order valence-electron chi connectivity index (χ1n) is 3.23. The predicted molar refractivity (Wildman–Crippen MR) is 54.3 cm³/mol. The van der Waals surface area contributed by atoms with E-state index in [1.807, 2.05) is 6.07 Å². The van der Waals surface area contributed by atoms with Gasteiger partial charge in [0.1, 0.15) is 0 Å². The minimum atomic E-state index is -1.57. The van der Waals surface area contributed by atoms with Gasteiger partial charge in [0.25, 0.3) is 0 Å². The molecule has 0 aliphatic carbocycles. The van der Waals surface area contributed by atoms with Gasteiger partial charge in [0, 0.05) is 17.3 Å². The minimum absolute atomic E-state index is 0.550. The summed E-state index contributed by atoms with van der Waals surface area (Å²) in [6.07, 6.45) is 0. The van der Waals surface area contributed by atoms with Gasteiger partial charge in [-0.15, -0.1) is 0 Å². The van der Waals surface area contributed by atoms with Gasteiger partial charge < -0.3 is 15.2 Å². The molecule has 0 amide bonds. The molecule has 0 aromatic heterocycles. The van der Waals surface area contributed by atoms with Crippen LogP contribution in [0.15, 0.2) is 22.7 Å². The van der Waals surface area contributed by atoms with Crippen molar-refractivity contribution in [2.45, 2.75) is 0 Å². The molecule has 0 heterocycles. The van der Waals surface area contributed by atoms with Gasteiger partial charge in [0.15, 0.2) is 0 Å². The van der Waals surface area contributed by atoms with E-state index >= 15 is 0 Å². The average Bonchev–Trinajstić information content (AvgIpc) is 2.08. The van der Waals surface area contributed by atoms with E-state index in [1.54, 1.807) is 12.1 Å². The molecular weight excluding hydrogens is 241 g/mol. The van der Waals surface area contributed by atoms with Crippen molar-refractivity contribution in [3.05, 3.63) is 22.7 Å². The summed E-state index contributed by atoms with van der Waals surface area (Å²) in [7, 11) is -0.115. The number of rotatable bonds is 2. The summed E-state index contributed by atoms with van der Waals surface area (Å²) in [5.74, 6) is 0. The van der Waals surface area contributed by atoms with Crippen molar-refractivity contribution in [3.8, 4) is 0 Å². The van der Waals surface area contributed by atoms with Gasteiger partial charge in [0.2, 0.25) is 8.38 Å². The van der Waals surface area contributed by atoms with E-state index in [1.165, 1.54) is 7.11 Å². The van der Waals surface area contributed by atoms with Crippen molar-refractivity contribution in [1.29, 1.82) is 0 Å². The van der Waals surface area contributed by atoms with Crippen LogP contribution in [0.5, 0.6) is 0 Å². The quantitative estimate of drug-likeness (QED) is 0.619. The highest BCUT2D eigenvalue weighted by Gasteiger charge is 2.10. The first-order chi connectivity index (χ1) is 5.65. The Morgan fingerprint density at radius 3 is 2.83 bits per heavy atom. The lowest BCUT2D eigenvalue weighted by Crippen LogP contribution is -2.08. The number of hydrogen-bond acceptors (Lipinski definition) is 3. The van der Waals surface area contributed by atoms with Crippen molar-refractivity contribution < 1.29 is 9.42 Å². The molecule has 66 valence electrons. The SMILES string of the molecule is COP(O)c1cc(Br)ccc1N. The van der Waals surface area contributed by atoms with Gasteiger partial charge in [-0.2, -0.15) is 0 Å². The topological polar surface area (TPSA) is 55.5 Å². The monoisotopic (exact) mass is 249 g/mol. The number of hydrogen-bond donors (Lipinski definition) is 2. The van der Waals surface area contributed by atoms with Crippen molar-refractivity contribution in [2.75, 3.05) is 12.8 Å². The molecule has 0 fully saturated rings. The molecule has 1 aromatic rings. The number of nitrogens with two attached hydrogens (primary N) is 1. The van der Waals surface area contributed by atoms with Crippen LogP contribution < -0.4 is 11.0 Å². The van der Waals surface area contributed by atoms with E-state index in [9.17, 15) is 4.89 Å². The van der Waals surface area contributed by atoms with E-state index in [2.05, 4.69) is 15.9 Å². The normalized spacial score (nSPS) is 12.9. The van der Waals surface area contributed by atoms with E-state index < -0.39 is 8.38 Å². The largest absolute Gasteiger partial charge is 0.398 e. The highest BCUT2D eigenvalue weighted by Crippen LogP contribution is 2.32. The standard InChI is InChI=1S/C7H9BrNO2P/c1-11-12(10)7-4-5(8)2-3-6(7)9/h2-4,10H,9H2,1H3. The molecule has 0 spiro atoms. The zero-order valence-corrected chi connectivity index (χ0v) is 8.97. The Balaban J connectivity index is 3.04. The molecule has 1 rings (SSSR count). The molecule has 0 aliphatic heterocycles. The summed E-state index contributed by atoms with van der Waals surface area (Å²) in [5, 5.41) is 0.641. The van der Waals surface area contributed by atoms with Crippen LogP contribution in [0.4, 0.5) is 5.69 Å². The Bertz CT molecular complexity index is 282. The van der Waals surface area contributed by atoms with E-state index in [-0.39, 0.29) is 0 Å². The molecule has 1 unspecified atom stereocenters. The van der Waals surface area contributed by atoms with E-state index in [4.69, 9.17) is 10.3 Å². The zero-order chi connectivity index (χ0) is 9.14. The van der Waals surface area contributed by atoms with Crippen LogP contribution in [0, 0.1) is 0 Å². The summed E-state index contributed by atoms with van der Waals surface area (Å²) < 4.78 is 5.67. The minimum Gasteiger partial charge on any atom is -0.398 e. The summed E-state index contributed by atoms with van der Waals surface area (Å²) in [5.41, 5.74) is 6.17. The number of anilines is 1. The highest BCUT2D eigenvalue weighted by atomic mass is 79.9. The lowest BCUT2D eigenvalue weighted by molar-refractivity contribution is 0.401. The third-order valence-corrected chi connectivity index (χ3v) is 3.01. The molecular formula is C7H9BrNO2P. The van der Waals surface area contributed by atoms with Crippen LogP contribution in [0.1, 0.15) is 0 Å². The second-order valence-electron chi connectivity index (χ2n) is 2.16. The van der Waals surface area contributed by atoms with Gasteiger partial charge in [-0.3, -0.25) is 0 Å². The van der Waals surface area contributed by atoms with E-state index in [0.29, 0.717) is 11.0 Å². The average molecular weight is 250 g/mol. The second-order valence-corrected chi connectivity index (χ2v) is 4.47. The Morgan fingerprint density at radius 2 is 2.25 bits per heavy atom. The van der Waals surface area contributed by atoms with E-state index in [0.717, 1.165) is 4.47 Å². The smallest absolute Gasteiger partial charge is 0.204 e. The van der Waals surface area contributed by atoms with Crippen LogP contribution in [-0.4, -0.2) is 12.0 Å². The number of halogens is 1. The van der Waals surface area contributed by atoms with Crippen molar-refractivity contribution in [2.24, 2.45) is 0 Å².